The Hall–Kier alpha value is -2.83. The standard InChI is InChI=1S/C20H19N3O4S2/c1-13-10-20(25)23-17-11-16(6-7-18(17)28-13)29(26,27)9-8-19(24)22-15-4-2-14(12-21)3-5-15/h2-7,11,13H,8-10H2,1H3,(H,22,24)(H,23,25)/t13-/m0/s1. The van der Waals surface area contributed by atoms with Gasteiger partial charge >= 0.3 is 0 Å². The van der Waals surface area contributed by atoms with E-state index in [1.54, 1.807) is 30.3 Å². The molecule has 1 aliphatic rings. The molecule has 2 N–H and O–H groups in total. The Bertz CT molecular complexity index is 1090. The summed E-state index contributed by atoms with van der Waals surface area (Å²) >= 11 is 1.52. The van der Waals surface area contributed by atoms with Crippen LogP contribution in [-0.4, -0.2) is 31.2 Å². The van der Waals surface area contributed by atoms with Crippen LogP contribution in [0.25, 0.3) is 0 Å². The van der Waals surface area contributed by atoms with Gasteiger partial charge in [-0.1, -0.05) is 6.92 Å². The second-order valence-electron chi connectivity index (χ2n) is 6.64. The molecule has 0 aromatic heterocycles. The van der Waals surface area contributed by atoms with Crippen LogP contribution in [-0.2, 0) is 19.4 Å². The summed E-state index contributed by atoms with van der Waals surface area (Å²) in [5.74, 6) is -0.948. The Balaban J connectivity index is 1.67. The van der Waals surface area contributed by atoms with Gasteiger partial charge in [-0.15, -0.1) is 11.8 Å². The first-order chi connectivity index (χ1) is 13.8. The molecule has 0 fully saturated rings. The summed E-state index contributed by atoms with van der Waals surface area (Å²) in [5.41, 5.74) is 1.44. The van der Waals surface area contributed by atoms with Crippen molar-refractivity contribution < 1.29 is 18.0 Å². The number of nitrogens with one attached hydrogen (secondary N) is 2. The molecule has 29 heavy (non-hydrogen) atoms. The molecule has 0 unspecified atom stereocenters. The summed E-state index contributed by atoms with van der Waals surface area (Å²) in [6.45, 7) is 1.94. The lowest BCUT2D eigenvalue weighted by Gasteiger charge is -2.11. The number of hydrogen-bond donors (Lipinski definition) is 2. The Kier molecular flexibility index (Phi) is 6.25. The Morgan fingerprint density at radius 3 is 2.69 bits per heavy atom. The zero-order chi connectivity index (χ0) is 21.0. The van der Waals surface area contributed by atoms with E-state index in [1.165, 1.54) is 23.9 Å². The minimum absolute atomic E-state index is 0.0675. The predicted molar refractivity (Wildman–Crippen MR) is 111 cm³/mol. The minimum Gasteiger partial charge on any atom is -0.326 e. The number of nitriles is 1. The van der Waals surface area contributed by atoms with Gasteiger partial charge in [0.25, 0.3) is 0 Å². The quantitative estimate of drug-likeness (QED) is 0.754. The summed E-state index contributed by atoms with van der Waals surface area (Å²) in [6.07, 6.45) is 0.147. The summed E-state index contributed by atoms with van der Waals surface area (Å²) < 4.78 is 25.3. The van der Waals surface area contributed by atoms with E-state index in [9.17, 15) is 18.0 Å². The highest BCUT2D eigenvalue weighted by atomic mass is 32.2. The van der Waals surface area contributed by atoms with Crippen LogP contribution in [0, 0.1) is 11.3 Å². The molecule has 0 radical (unpaired) electrons. The molecule has 0 saturated carbocycles. The number of hydrogen-bond acceptors (Lipinski definition) is 6. The van der Waals surface area contributed by atoms with Gasteiger partial charge in [-0.05, 0) is 42.5 Å². The minimum atomic E-state index is -3.70. The van der Waals surface area contributed by atoms with Crippen LogP contribution in [0.1, 0.15) is 25.3 Å². The number of rotatable bonds is 5. The smallest absolute Gasteiger partial charge is 0.225 e. The summed E-state index contributed by atoms with van der Waals surface area (Å²) in [6, 6.07) is 12.9. The number of benzene rings is 2. The maximum atomic E-state index is 12.7. The number of carbonyl (C=O) groups excluding carboxylic acids is 2. The van der Waals surface area contributed by atoms with Crippen molar-refractivity contribution >= 4 is 44.8 Å². The molecule has 150 valence electrons. The molecule has 3 rings (SSSR count). The number of amides is 2. The molecular formula is C20H19N3O4S2. The van der Waals surface area contributed by atoms with Gasteiger partial charge in [-0.2, -0.15) is 5.26 Å². The lowest BCUT2D eigenvalue weighted by molar-refractivity contribution is -0.116. The molecule has 1 atom stereocenters. The van der Waals surface area contributed by atoms with Crippen LogP contribution in [0.2, 0.25) is 0 Å². The average Bonchev–Trinajstić information content (AvgIpc) is 2.82. The zero-order valence-electron chi connectivity index (χ0n) is 15.6. The summed E-state index contributed by atoms with van der Waals surface area (Å²) in [4.78, 5) is 24.9. The van der Waals surface area contributed by atoms with Crippen LogP contribution < -0.4 is 10.6 Å². The Morgan fingerprint density at radius 1 is 1.28 bits per heavy atom. The first kappa shape index (κ1) is 20.9. The molecule has 0 spiro atoms. The van der Waals surface area contributed by atoms with E-state index in [0.717, 1.165) is 4.90 Å². The molecule has 2 aromatic carbocycles. The number of anilines is 2. The summed E-state index contributed by atoms with van der Waals surface area (Å²) in [7, 11) is -3.70. The highest BCUT2D eigenvalue weighted by Gasteiger charge is 2.22. The van der Waals surface area contributed by atoms with Crippen molar-refractivity contribution in [2.24, 2.45) is 0 Å². The van der Waals surface area contributed by atoms with E-state index in [1.807, 2.05) is 13.0 Å². The molecule has 0 saturated heterocycles. The van der Waals surface area contributed by atoms with E-state index in [2.05, 4.69) is 10.6 Å². The van der Waals surface area contributed by atoms with Gasteiger partial charge in [0.1, 0.15) is 0 Å². The van der Waals surface area contributed by atoms with Crippen molar-refractivity contribution in [3.63, 3.8) is 0 Å². The first-order valence-electron chi connectivity index (χ1n) is 8.90. The lowest BCUT2D eigenvalue weighted by Crippen LogP contribution is -2.18. The van der Waals surface area contributed by atoms with E-state index in [-0.39, 0.29) is 28.2 Å². The number of sulfone groups is 1. The third kappa shape index (κ3) is 5.37. The van der Waals surface area contributed by atoms with Crippen molar-refractivity contribution in [3.05, 3.63) is 48.0 Å². The van der Waals surface area contributed by atoms with Crippen molar-refractivity contribution in [3.8, 4) is 6.07 Å². The largest absolute Gasteiger partial charge is 0.326 e. The molecule has 2 aromatic rings. The molecule has 0 bridgehead atoms. The first-order valence-corrected chi connectivity index (χ1v) is 11.4. The lowest BCUT2D eigenvalue weighted by atomic mass is 10.2. The van der Waals surface area contributed by atoms with Gasteiger partial charge in [-0.25, -0.2) is 8.42 Å². The summed E-state index contributed by atoms with van der Waals surface area (Å²) in [5, 5.41) is 14.2. The number of thioether (sulfide) groups is 1. The Morgan fingerprint density at radius 2 is 2.00 bits per heavy atom. The third-order valence-electron chi connectivity index (χ3n) is 4.28. The van der Waals surface area contributed by atoms with Gasteiger partial charge in [0, 0.05) is 28.7 Å². The normalized spacial score (nSPS) is 16.1. The molecule has 1 aliphatic heterocycles. The van der Waals surface area contributed by atoms with E-state index in [0.29, 0.717) is 23.4 Å². The fourth-order valence-corrected chi connectivity index (χ4v) is 5.13. The second kappa shape index (κ2) is 8.68. The van der Waals surface area contributed by atoms with Crippen LogP contribution in [0.5, 0.6) is 0 Å². The molecular weight excluding hydrogens is 410 g/mol. The van der Waals surface area contributed by atoms with Crippen molar-refractivity contribution in [1.29, 1.82) is 5.26 Å². The number of nitrogens with zero attached hydrogens (tertiary/aromatic N) is 1. The second-order valence-corrected chi connectivity index (χ2v) is 10.2. The maximum absolute atomic E-state index is 12.7. The zero-order valence-corrected chi connectivity index (χ0v) is 17.3. The van der Waals surface area contributed by atoms with Crippen LogP contribution >= 0.6 is 11.8 Å². The van der Waals surface area contributed by atoms with Gasteiger partial charge in [0.15, 0.2) is 9.84 Å². The van der Waals surface area contributed by atoms with Gasteiger partial charge < -0.3 is 10.6 Å². The number of fused-ring (bicyclic) bond motifs is 1. The molecule has 9 heteroatoms. The van der Waals surface area contributed by atoms with Crippen molar-refractivity contribution in [2.45, 2.75) is 34.8 Å². The third-order valence-corrected chi connectivity index (χ3v) is 7.17. The van der Waals surface area contributed by atoms with Gasteiger partial charge in [-0.3, -0.25) is 9.59 Å². The van der Waals surface area contributed by atoms with E-state index < -0.39 is 15.7 Å². The molecule has 1 heterocycles. The SMILES string of the molecule is C[C@H]1CC(=O)Nc2cc(S(=O)(=O)CCC(=O)Nc3ccc(C#N)cc3)ccc2S1. The van der Waals surface area contributed by atoms with Crippen molar-refractivity contribution in [1.82, 2.24) is 0 Å². The van der Waals surface area contributed by atoms with Crippen LogP contribution in [0.4, 0.5) is 11.4 Å². The fourth-order valence-electron chi connectivity index (χ4n) is 2.82. The van der Waals surface area contributed by atoms with Gasteiger partial charge in [0.05, 0.1) is 28.0 Å². The topological polar surface area (TPSA) is 116 Å². The monoisotopic (exact) mass is 429 g/mol. The van der Waals surface area contributed by atoms with E-state index >= 15 is 0 Å². The predicted octanol–water partition coefficient (Wildman–Crippen LogP) is 3.18. The van der Waals surface area contributed by atoms with Crippen LogP contribution in [0.15, 0.2) is 52.3 Å². The van der Waals surface area contributed by atoms with Crippen LogP contribution in [0.3, 0.4) is 0 Å². The molecule has 0 aliphatic carbocycles. The fraction of sp³-hybridized carbons (Fsp3) is 0.250. The Labute approximate surface area is 173 Å². The highest BCUT2D eigenvalue weighted by Crippen LogP contribution is 2.36. The molecule has 2 amide bonds. The maximum Gasteiger partial charge on any atom is 0.225 e. The average molecular weight is 430 g/mol. The molecule has 7 nitrogen and oxygen atoms in total. The van der Waals surface area contributed by atoms with Gasteiger partial charge in [0.2, 0.25) is 11.8 Å². The highest BCUT2D eigenvalue weighted by molar-refractivity contribution is 8.00. The van der Waals surface area contributed by atoms with E-state index in [4.69, 9.17) is 5.26 Å². The van der Waals surface area contributed by atoms with Crippen molar-refractivity contribution in [2.75, 3.05) is 16.4 Å². The number of carbonyl (C=O) groups is 2.